The molecule has 0 aliphatic carbocycles. The molecule has 2 aromatic rings. The Bertz CT molecular complexity index is 596. The molecule has 5 heteroatoms. The first-order chi connectivity index (χ1) is 9.06. The second-order valence-corrected chi connectivity index (χ2v) is 5.17. The van der Waals surface area contributed by atoms with Crippen LogP contribution in [0, 0.1) is 0 Å². The molecule has 1 amide bonds. The highest BCUT2D eigenvalue weighted by Gasteiger charge is 2.08. The lowest BCUT2D eigenvalue weighted by molar-refractivity contribution is -0.115. The van der Waals surface area contributed by atoms with Crippen molar-refractivity contribution in [2.75, 3.05) is 5.32 Å². The molecular weight excluding hydrogens is 305 g/mol. The van der Waals surface area contributed by atoms with Crippen molar-refractivity contribution < 1.29 is 4.79 Å². The zero-order valence-corrected chi connectivity index (χ0v) is 12.1. The molecule has 2 rings (SSSR count). The fraction of sp³-hybridized carbons (Fsp3) is 0.0714. The van der Waals surface area contributed by atoms with E-state index in [9.17, 15) is 4.79 Å². The highest BCUT2D eigenvalue weighted by atomic mass is 35.5. The zero-order valence-electron chi connectivity index (χ0n) is 9.79. The number of carbonyl (C=O) groups excluding carboxylic acids is 1. The first-order valence-electron chi connectivity index (χ1n) is 5.54. The van der Waals surface area contributed by atoms with E-state index >= 15 is 0 Å². The minimum Gasteiger partial charge on any atom is -0.324 e. The Morgan fingerprint density at radius 2 is 1.68 bits per heavy atom. The molecule has 2 nitrogen and oxygen atoms in total. The number of halogens is 3. The van der Waals surface area contributed by atoms with Crippen LogP contribution in [0.5, 0.6) is 0 Å². The SMILES string of the molecule is O=C(Cc1ccc(Cl)cc1)Nc1cccc(Cl)c1Cl. The van der Waals surface area contributed by atoms with Crippen LogP contribution >= 0.6 is 34.8 Å². The van der Waals surface area contributed by atoms with E-state index in [0.29, 0.717) is 20.8 Å². The molecule has 0 radical (unpaired) electrons. The molecule has 98 valence electrons. The van der Waals surface area contributed by atoms with E-state index in [1.807, 2.05) is 12.1 Å². The zero-order chi connectivity index (χ0) is 13.8. The molecule has 0 heterocycles. The van der Waals surface area contributed by atoms with Crippen LogP contribution in [-0.4, -0.2) is 5.91 Å². The lowest BCUT2D eigenvalue weighted by Gasteiger charge is -2.08. The van der Waals surface area contributed by atoms with Crippen LogP contribution in [0.4, 0.5) is 5.69 Å². The molecular formula is C14H10Cl3NO. The summed E-state index contributed by atoms with van der Waals surface area (Å²) in [5, 5.41) is 4.12. The van der Waals surface area contributed by atoms with Crippen molar-refractivity contribution in [2.45, 2.75) is 6.42 Å². The van der Waals surface area contributed by atoms with Gasteiger partial charge in [-0.05, 0) is 29.8 Å². The highest BCUT2D eigenvalue weighted by molar-refractivity contribution is 6.44. The van der Waals surface area contributed by atoms with Crippen molar-refractivity contribution >= 4 is 46.4 Å². The van der Waals surface area contributed by atoms with Gasteiger partial charge in [0.25, 0.3) is 0 Å². The van der Waals surface area contributed by atoms with Gasteiger partial charge in [0.15, 0.2) is 0 Å². The lowest BCUT2D eigenvalue weighted by Crippen LogP contribution is -2.14. The third-order valence-electron chi connectivity index (χ3n) is 2.50. The monoisotopic (exact) mass is 313 g/mol. The molecule has 0 unspecified atom stereocenters. The van der Waals surface area contributed by atoms with Crippen LogP contribution in [-0.2, 0) is 11.2 Å². The van der Waals surface area contributed by atoms with Crippen molar-refractivity contribution in [1.82, 2.24) is 0 Å². The van der Waals surface area contributed by atoms with Gasteiger partial charge >= 0.3 is 0 Å². The molecule has 19 heavy (non-hydrogen) atoms. The van der Waals surface area contributed by atoms with E-state index in [4.69, 9.17) is 34.8 Å². The summed E-state index contributed by atoms with van der Waals surface area (Å²) in [4.78, 5) is 11.9. The third kappa shape index (κ3) is 3.87. The number of benzene rings is 2. The van der Waals surface area contributed by atoms with Gasteiger partial charge in [-0.3, -0.25) is 4.79 Å². The van der Waals surface area contributed by atoms with Gasteiger partial charge in [-0.2, -0.15) is 0 Å². The third-order valence-corrected chi connectivity index (χ3v) is 3.57. The van der Waals surface area contributed by atoms with Crippen molar-refractivity contribution in [3.8, 4) is 0 Å². The maximum absolute atomic E-state index is 11.9. The number of rotatable bonds is 3. The van der Waals surface area contributed by atoms with Gasteiger partial charge in [0, 0.05) is 5.02 Å². The molecule has 0 saturated carbocycles. The largest absolute Gasteiger partial charge is 0.324 e. The predicted octanol–water partition coefficient (Wildman–Crippen LogP) is 4.83. The first-order valence-corrected chi connectivity index (χ1v) is 6.68. The second-order valence-electron chi connectivity index (χ2n) is 3.95. The molecule has 0 spiro atoms. The summed E-state index contributed by atoms with van der Waals surface area (Å²) in [6, 6.07) is 12.2. The van der Waals surface area contributed by atoms with E-state index in [0.717, 1.165) is 5.56 Å². The van der Waals surface area contributed by atoms with Gasteiger partial charge < -0.3 is 5.32 Å². The maximum Gasteiger partial charge on any atom is 0.228 e. The standard InChI is InChI=1S/C14H10Cl3NO/c15-10-6-4-9(5-7-10)8-13(19)18-12-3-1-2-11(16)14(12)17/h1-7H,8H2,(H,18,19). The molecule has 0 atom stereocenters. The summed E-state index contributed by atoms with van der Waals surface area (Å²) < 4.78 is 0. The van der Waals surface area contributed by atoms with Gasteiger partial charge in [-0.15, -0.1) is 0 Å². The summed E-state index contributed by atoms with van der Waals surface area (Å²) in [5.41, 5.74) is 1.38. The molecule has 0 aliphatic rings. The maximum atomic E-state index is 11.9. The van der Waals surface area contributed by atoms with Crippen molar-refractivity contribution in [2.24, 2.45) is 0 Å². The first kappa shape index (κ1) is 14.2. The Balaban J connectivity index is 2.05. The van der Waals surface area contributed by atoms with Crippen LogP contribution in [0.25, 0.3) is 0 Å². The van der Waals surface area contributed by atoms with Gasteiger partial charge in [-0.25, -0.2) is 0 Å². The Morgan fingerprint density at radius 1 is 1.00 bits per heavy atom. The molecule has 0 saturated heterocycles. The van der Waals surface area contributed by atoms with Gasteiger partial charge in [0.2, 0.25) is 5.91 Å². The minimum absolute atomic E-state index is 0.161. The van der Waals surface area contributed by atoms with Crippen LogP contribution in [0.15, 0.2) is 42.5 Å². The average Bonchev–Trinajstić information content (AvgIpc) is 2.38. The van der Waals surface area contributed by atoms with Crippen molar-refractivity contribution in [3.63, 3.8) is 0 Å². The van der Waals surface area contributed by atoms with E-state index in [1.165, 1.54) is 0 Å². The second kappa shape index (κ2) is 6.29. The number of carbonyl (C=O) groups is 1. The van der Waals surface area contributed by atoms with Gasteiger partial charge in [0.05, 0.1) is 22.2 Å². The number of anilines is 1. The molecule has 2 aromatic carbocycles. The van der Waals surface area contributed by atoms with Gasteiger partial charge in [0.1, 0.15) is 0 Å². The number of nitrogens with one attached hydrogen (secondary N) is 1. The lowest BCUT2D eigenvalue weighted by atomic mass is 10.1. The Morgan fingerprint density at radius 3 is 2.37 bits per heavy atom. The summed E-state index contributed by atoms with van der Waals surface area (Å²) in [7, 11) is 0. The average molecular weight is 315 g/mol. The number of amides is 1. The highest BCUT2D eigenvalue weighted by Crippen LogP contribution is 2.29. The van der Waals surface area contributed by atoms with Gasteiger partial charge in [-0.1, -0.05) is 53.0 Å². The topological polar surface area (TPSA) is 29.1 Å². The van der Waals surface area contributed by atoms with Crippen LogP contribution < -0.4 is 5.32 Å². The fourth-order valence-electron chi connectivity index (χ4n) is 1.58. The molecule has 0 fully saturated rings. The normalized spacial score (nSPS) is 10.3. The summed E-state index contributed by atoms with van der Waals surface area (Å²) in [6.45, 7) is 0. The van der Waals surface area contributed by atoms with E-state index in [2.05, 4.69) is 5.32 Å². The molecule has 0 aromatic heterocycles. The van der Waals surface area contributed by atoms with E-state index in [-0.39, 0.29) is 12.3 Å². The smallest absolute Gasteiger partial charge is 0.228 e. The fourth-order valence-corrected chi connectivity index (χ4v) is 2.06. The Kier molecular flexibility index (Phi) is 4.70. The summed E-state index contributed by atoms with van der Waals surface area (Å²) in [6.07, 6.45) is 0.250. The predicted molar refractivity (Wildman–Crippen MR) is 80.2 cm³/mol. The Labute approximate surface area is 126 Å². The van der Waals surface area contributed by atoms with Crippen LogP contribution in [0.3, 0.4) is 0 Å². The van der Waals surface area contributed by atoms with Crippen molar-refractivity contribution in [1.29, 1.82) is 0 Å². The van der Waals surface area contributed by atoms with Crippen LogP contribution in [0.2, 0.25) is 15.1 Å². The van der Waals surface area contributed by atoms with Crippen LogP contribution in [0.1, 0.15) is 5.56 Å². The summed E-state index contributed by atoms with van der Waals surface area (Å²) in [5.74, 6) is -0.161. The number of hydrogen-bond acceptors (Lipinski definition) is 1. The number of hydrogen-bond donors (Lipinski definition) is 1. The molecule has 0 bridgehead atoms. The quantitative estimate of drug-likeness (QED) is 0.864. The molecule has 0 aliphatic heterocycles. The minimum atomic E-state index is -0.161. The summed E-state index contributed by atoms with van der Waals surface area (Å²) >= 11 is 17.7. The molecule has 1 N–H and O–H groups in total. The van der Waals surface area contributed by atoms with E-state index < -0.39 is 0 Å². The van der Waals surface area contributed by atoms with E-state index in [1.54, 1.807) is 30.3 Å². The van der Waals surface area contributed by atoms with Crippen molar-refractivity contribution in [3.05, 3.63) is 63.1 Å². The Hall–Kier alpha value is -1.22.